The minimum Gasteiger partial charge on any atom is -0.490 e. The Kier molecular flexibility index (Phi) is 4.70. The number of nitrogen functional groups attached to an aromatic ring is 1. The standard InChI is InChI=1S/C12H18N6OS/c1-4-8-5-14-12(20-8)7(2)17-10-9(19-3)11(18-13)16-6-15-10/h5-7H,4,13H2,1-3H3,(H2,15,16,17,18). The summed E-state index contributed by atoms with van der Waals surface area (Å²) in [6.07, 6.45) is 4.32. The lowest BCUT2D eigenvalue weighted by molar-refractivity contribution is 0.414. The summed E-state index contributed by atoms with van der Waals surface area (Å²) in [4.78, 5) is 13.9. The summed E-state index contributed by atoms with van der Waals surface area (Å²) < 4.78 is 5.28. The molecule has 0 fully saturated rings. The van der Waals surface area contributed by atoms with Gasteiger partial charge in [-0.15, -0.1) is 11.3 Å². The van der Waals surface area contributed by atoms with Crippen LogP contribution in [0.15, 0.2) is 12.5 Å². The molecule has 1 atom stereocenters. The van der Waals surface area contributed by atoms with E-state index in [2.05, 4.69) is 32.6 Å². The van der Waals surface area contributed by atoms with E-state index in [0.29, 0.717) is 17.4 Å². The largest absolute Gasteiger partial charge is 0.490 e. The van der Waals surface area contributed by atoms with Crippen LogP contribution in [0.4, 0.5) is 11.6 Å². The first-order chi connectivity index (χ1) is 9.69. The molecule has 7 nitrogen and oxygen atoms in total. The maximum Gasteiger partial charge on any atom is 0.205 e. The van der Waals surface area contributed by atoms with Crippen molar-refractivity contribution in [2.24, 2.45) is 5.84 Å². The van der Waals surface area contributed by atoms with Crippen LogP contribution in [0.1, 0.15) is 29.8 Å². The zero-order valence-electron chi connectivity index (χ0n) is 11.7. The summed E-state index contributed by atoms with van der Waals surface area (Å²) in [6, 6.07) is 0.0229. The molecule has 0 spiro atoms. The Morgan fingerprint density at radius 1 is 1.35 bits per heavy atom. The number of aromatic nitrogens is 3. The molecule has 2 aromatic rings. The minimum absolute atomic E-state index is 0.0229. The second-order valence-corrected chi connectivity index (χ2v) is 5.28. The zero-order valence-corrected chi connectivity index (χ0v) is 12.5. The Bertz CT molecular complexity index is 573. The fourth-order valence-corrected chi connectivity index (χ4v) is 2.59. The minimum atomic E-state index is 0.0229. The summed E-state index contributed by atoms with van der Waals surface area (Å²) in [6.45, 7) is 4.14. The van der Waals surface area contributed by atoms with Gasteiger partial charge in [0.2, 0.25) is 5.75 Å². The monoisotopic (exact) mass is 294 g/mol. The van der Waals surface area contributed by atoms with Crippen molar-refractivity contribution in [3.63, 3.8) is 0 Å². The van der Waals surface area contributed by atoms with Gasteiger partial charge in [-0.1, -0.05) is 6.92 Å². The third-order valence-electron chi connectivity index (χ3n) is 2.79. The number of rotatable bonds is 6. The third kappa shape index (κ3) is 2.97. The molecule has 0 bridgehead atoms. The molecule has 0 saturated heterocycles. The highest BCUT2D eigenvalue weighted by molar-refractivity contribution is 7.11. The van der Waals surface area contributed by atoms with Gasteiger partial charge in [-0.2, -0.15) is 0 Å². The normalized spacial score (nSPS) is 12.0. The average molecular weight is 294 g/mol. The lowest BCUT2D eigenvalue weighted by Gasteiger charge is -2.15. The van der Waals surface area contributed by atoms with E-state index in [-0.39, 0.29) is 6.04 Å². The molecule has 108 valence electrons. The molecular formula is C12H18N6OS. The second kappa shape index (κ2) is 6.49. The van der Waals surface area contributed by atoms with Crippen LogP contribution >= 0.6 is 11.3 Å². The molecule has 0 radical (unpaired) electrons. The predicted molar refractivity (Wildman–Crippen MR) is 79.9 cm³/mol. The Balaban J connectivity index is 2.20. The van der Waals surface area contributed by atoms with Crippen LogP contribution in [0.25, 0.3) is 0 Å². The van der Waals surface area contributed by atoms with E-state index in [1.54, 1.807) is 18.4 Å². The quantitative estimate of drug-likeness (QED) is 0.553. The van der Waals surface area contributed by atoms with Crippen LogP contribution in [0.3, 0.4) is 0 Å². The van der Waals surface area contributed by atoms with Gasteiger partial charge in [0.1, 0.15) is 11.3 Å². The van der Waals surface area contributed by atoms with Gasteiger partial charge in [0.25, 0.3) is 0 Å². The molecule has 0 aliphatic rings. The molecule has 2 rings (SSSR count). The Labute approximate surface area is 121 Å². The summed E-state index contributed by atoms with van der Waals surface area (Å²) in [5, 5.41) is 4.27. The fraction of sp³-hybridized carbons (Fsp3) is 0.417. The number of thiazole rings is 1. The third-order valence-corrected chi connectivity index (χ3v) is 4.11. The van der Waals surface area contributed by atoms with E-state index in [9.17, 15) is 0 Å². The lowest BCUT2D eigenvalue weighted by Crippen LogP contribution is -2.14. The van der Waals surface area contributed by atoms with Crippen molar-refractivity contribution in [1.29, 1.82) is 0 Å². The van der Waals surface area contributed by atoms with E-state index in [0.717, 1.165) is 11.4 Å². The second-order valence-electron chi connectivity index (χ2n) is 4.13. The summed E-state index contributed by atoms with van der Waals surface area (Å²) >= 11 is 1.69. The number of aryl methyl sites for hydroxylation is 1. The zero-order chi connectivity index (χ0) is 14.5. The van der Waals surface area contributed by atoms with Crippen LogP contribution in [0, 0.1) is 0 Å². The predicted octanol–water partition coefficient (Wildman–Crippen LogP) is 1.96. The average Bonchev–Trinajstić information content (AvgIpc) is 2.96. The maximum absolute atomic E-state index is 5.40. The lowest BCUT2D eigenvalue weighted by atomic mass is 10.3. The van der Waals surface area contributed by atoms with Gasteiger partial charge in [-0.3, -0.25) is 0 Å². The highest BCUT2D eigenvalue weighted by Crippen LogP contribution is 2.31. The fourth-order valence-electron chi connectivity index (χ4n) is 1.73. The van der Waals surface area contributed by atoms with Crippen LogP contribution < -0.4 is 21.3 Å². The molecule has 1 unspecified atom stereocenters. The van der Waals surface area contributed by atoms with Crippen molar-refractivity contribution >= 4 is 23.0 Å². The number of methoxy groups -OCH3 is 1. The first-order valence-electron chi connectivity index (χ1n) is 6.26. The number of hydrogen-bond acceptors (Lipinski definition) is 8. The SMILES string of the molecule is CCc1cnc(C(C)Nc2ncnc(NN)c2OC)s1. The summed E-state index contributed by atoms with van der Waals surface area (Å²) in [5.74, 6) is 6.90. The number of nitrogens with two attached hydrogens (primary N) is 1. The number of nitrogens with one attached hydrogen (secondary N) is 2. The summed E-state index contributed by atoms with van der Waals surface area (Å²) in [5.41, 5.74) is 2.48. The van der Waals surface area contributed by atoms with Gasteiger partial charge in [0.15, 0.2) is 11.6 Å². The molecule has 0 aliphatic carbocycles. The highest BCUT2D eigenvalue weighted by Gasteiger charge is 2.16. The molecule has 4 N–H and O–H groups in total. The van der Waals surface area contributed by atoms with Gasteiger partial charge in [-0.05, 0) is 13.3 Å². The van der Waals surface area contributed by atoms with E-state index < -0.39 is 0 Å². The van der Waals surface area contributed by atoms with Crippen molar-refractivity contribution in [2.75, 3.05) is 17.9 Å². The molecule has 2 aromatic heterocycles. The highest BCUT2D eigenvalue weighted by atomic mass is 32.1. The van der Waals surface area contributed by atoms with Gasteiger partial charge in [0.05, 0.1) is 13.2 Å². The van der Waals surface area contributed by atoms with Gasteiger partial charge < -0.3 is 15.5 Å². The molecular weight excluding hydrogens is 276 g/mol. The van der Waals surface area contributed by atoms with Crippen LogP contribution in [-0.4, -0.2) is 22.1 Å². The first kappa shape index (κ1) is 14.5. The van der Waals surface area contributed by atoms with Crippen molar-refractivity contribution in [3.05, 3.63) is 22.4 Å². The molecule has 2 heterocycles. The topological polar surface area (TPSA) is 98.0 Å². The van der Waals surface area contributed by atoms with Crippen LogP contribution in [-0.2, 0) is 6.42 Å². The van der Waals surface area contributed by atoms with Crippen molar-refractivity contribution in [1.82, 2.24) is 15.0 Å². The van der Waals surface area contributed by atoms with Gasteiger partial charge in [0, 0.05) is 11.1 Å². The van der Waals surface area contributed by atoms with Crippen LogP contribution in [0.5, 0.6) is 5.75 Å². The number of hydrogen-bond donors (Lipinski definition) is 3. The molecule has 8 heteroatoms. The number of anilines is 2. The van der Waals surface area contributed by atoms with E-state index >= 15 is 0 Å². The van der Waals surface area contributed by atoms with E-state index in [4.69, 9.17) is 10.6 Å². The molecule has 0 aromatic carbocycles. The smallest absolute Gasteiger partial charge is 0.205 e. The molecule has 0 aliphatic heterocycles. The molecule has 20 heavy (non-hydrogen) atoms. The Morgan fingerprint density at radius 2 is 2.10 bits per heavy atom. The van der Waals surface area contributed by atoms with E-state index in [1.807, 2.05) is 13.1 Å². The van der Waals surface area contributed by atoms with Gasteiger partial charge in [-0.25, -0.2) is 20.8 Å². The van der Waals surface area contributed by atoms with Crippen molar-refractivity contribution < 1.29 is 4.74 Å². The Morgan fingerprint density at radius 3 is 2.70 bits per heavy atom. The van der Waals surface area contributed by atoms with Gasteiger partial charge >= 0.3 is 0 Å². The van der Waals surface area contributed by atoms with Crippen LogP contribution in [0.2, 0.25) is 0 Å². The maximum atomic E-state index is 5.40. The van der Waals surface area contributed by atoms with Crippen molar-refractivity contribution in [2.45, 2.75) is 26.3 Å². The summed E-state index contributed by atoms with van der Waals surface area (Å²) in [7, 11) is 1.55. The number of ether oxygens (including phenoxy) is 1. The number of hydrazine groups is 1. The van der Waals surface area contributed by atoms with Crippen molar-refractivity contribution in [3.8, 4) is 5.75 Å². The molecule has 0 saturated carbocycles. The van der Waals surface area contributed by atoms with E-state index in [1.165, 1.54) is 11.2 Å². The number of nitrogens with zero attached hydrogens (tertiary/aromatic N) is 3. The first-order valence-corrected chi connectivity index (χ1v) is 7.08. The Hall–Kier alpha value is -1.93. The molecule has 0 amide bonds.